The highest BCUT2D eigenvalue weighted by Crippen LogP contribution is 2.33. The molecule has 2 aromatic rings. The van der Waals surface area contributed by atoms with Gasteiger partial charge in [-0.1, -0.05) is 24.3 Å². The van der Waals surface area contributed by atoms with E-state index in [2.05, 4.69) is 39.6 Å². The fourth-order valence-corrected chi connectivity index (χ4v) is 2.98. The van der Waals surface area contributed by atoms with Crippen molar-refractivity contribution in [1.82, 2.24) is 9.97 Å². The number of ether oxygens (including phenoxy) is 1. The van der Waals surface area contributed by atoms with E-state index in [0.29, 0.717) is 0 Å². The van der Waals surface area contributed by atoms with Crippen molar-refractivity contribution in [3.63, 3.8) is 0 Å². The van der Waals surface area contributed by atoms with Crippen LogP contribution >= 0.6 is 0 Å². The predicted octanol–water partition coefficient (Wildman–Crippen LogP) is 3.47. The molecular formula is C18H23N3O. The molecule has 4 nitrogen and oxygen atoms in total. The van der Waals surface area contributed by atoms with Crippen LogP contribution in [0, 0.1) is 0 Å². The van der Waals surface area contributed by atoms with Gasteiger partial charge in [-0.2, -0.15) is 0 Å². The molecule has 0 saturated carbocycles. The Labute approximate surface area is 132 Å². The van der Waals surface area contributed by atoms with Crippen LogP contribution in [0.15, 0.2) is 30.6 Å². The fourth-order valence-electron chi connectivity index (χ4n) is 2.98. The number of hydrogen-bond donors (Lipinski definition) is 1. The zero-order chi connectivity index (χ0) is 15.2. The molecule has 0 radical (unpaired) electrons. The largest absolute Gasteiger partial charge is 0.382 e. The lowest BCUT2D eigenvalue weighted by Crippen LogP contribution is -2.10. The van der Waals surface area contributed by atoms with Crippen LogP contribution in [0.2, 0.25) is 0 Å². The number of benzene rings is 1. The van der Waals surface area contributed by atoms with Crippen molar-refractivity contribution in [2.75, 3.05) is 25.1 Å². The standard InChI is InChI=1S/C18H23N3O/c1-2-22-12-6-11-19-18-16-10-5-8-14-7-3-4-9-15(14)17(16)20-13-21-18/h3-4,7,9,13H,2,5-6,8,10-12H2,1H3,(H,19,20,21). The van der Waals surface area contributed by atoms with Gasteiger partial charge in [0.25, 0.3) is 0 Å². The van der Waals surface area contributed by atoms with E-state index in [-0.39, 0.29) is 0 Å². The minimum atomic E-state index is 0.777. The Hall–Kier alpha value is -1.94. The highest BCUT2D eigenvalue weighted by atomic mass is 16.5. The molecule has 0 bridgehead atoms. The summed E-state index contributed by atoms with van der Waals surface area (Å²) in [6, 6.07) is 8.58. The fraction of sp³-hybridized carbons (Fsp3) is 0.444. The second-order valence-corrected chi connectivity index (χ2v) is 5.54. The van der Waals surface area contributed by atoms with E-state index in [1.54, 1.807) is 6.33 Å². The quantitative estimate of drug-likeness (QED) is 0.829. The Morgan fingerprint density at radius 1 is 1.18 bits per heavy atom. The van der Waals surface area contributed by atoms with Crippen LogP contribution in [0.3, 0.4) is 0 Å². The normalized spacial score (nSPS) is 13.1. The van der Waals surface area contributed by atoms with Gasteiger partial charge in [-0.15, -0.1) is 0 Å². The molecule has 0 aliphatic heterocycles. The van der Waals surface area contributed by atoms with Crippen molar-refractivity contribution in [2.24, 2.45) is 0 Å². The van der Waals surface area contributed by atoms with Crippen LogP contribution in [0.5, 0.6) is 0 Å². The van der Waals surface area contributed by atoms with Gasteiger partial charge in [0.1, 0.15) is 12.1 Å². The van der Waals surface area contributed by atoms with Gasteiger partial charge in [-0.05, 0) is 38.2 Å². The van der Waals surface area contributed by atoms with Gasteiger partial charge in [0.15, 0.2) is 0 Å². The van der Waals surface area contributed by atoms with Gasteiger partial charge in [0.05, 0.1) is 5.69 Å². The average Bonchev–Trinajstić information content (AvgIpc) is 2.75. The summed E-state index contributed by atoms with van der Waals surface area (Å²) in [6.07, 6.45) is 5.94. The summed E-state index contributed by atoms with van der Waals surface area (Å²) < 4.78 is 5.38. The molecule has 1 aromatic heterocycles. The summed E-state index contributed by atoms with van der Waals surface area (Å²) in [6.45, 7) is 4.47. The predicted molar refractivity (Wildman–Crippen MR) is 89.1 cm³/mol. The molecule has 4 heteroatoms. The Kier molecular flexibility index (Phi) is 5.01. The first-order valence-electron chi connectivity index (χ1n) is 8.14. The van der Waals surface area contributed by atoms with Gasteiger partial charge in [-0.25, -0.2) is 9.97 Å². The van der Waals surface area contributed by atoms with E-state index >= 15 is 0 Å². The third kappa shape index (κ3) is 3.28. The summed E-state index contributed by atoms with van der Waals surface area (Å²) in [7, 11) is 0. The summed E-state index contributed by atoms with van der Waals surface area (Å²) in [5.74, 6) is 0.984. The maximum absolute atomic E-state index is 5.38. The average molecular weight is 297 g/mol. The summed E-state index contributed by atoms with van der Waals surface area (Å²) in [5.41, 5.74) is 5.00. The molecule has 3 rings (SSSR count). The van der Waals surface area contributed by atoms with Crippen molar-refractivity contribution < 1.29 is 4.74 Å². The summed E-state index contributed by atoms with van der Waals surface area (Å²) >= 11 is 0. The van der Waals surface area contributed by atoms with Gasteiger partial charge in [-0.3, -0.25) is 0 Å². The van der Waals surface area contributed by atoms with Crippen LogP contribution in [0.1, 0.15) is 30.9 Å². The Morgan fingerprint density at radius 2 is 2.09 bits per heavy atom. The Bertz CT molecular complexity index is 627. The molecule has 0 atom stereocenters. The lowest BCUT2D eigenvalue weighted by molar-refractivity contribution is 0.147. The summed E-state index contributed by atoms with van der Waals surface area (Å²) in [4.78, 5) is 9.02. The molecule has 1 aromatic carbocycles. The van der Waals surface area contributed by atoms with Crippen molar-refractivity contribution >= 4 is 5.82 Å². The van der Waals surface area contributed by atoms with Crippen LogP contribution in [-0.2, 0) is 17.6 Å². The zero-order valence-electron chi connectivity index (χ0n) is 13.1. The molecule has 22 heavy (non-hydrogen) atoms. The minimum absolute atomic E-state index is 0.777. The van der Waals surface area contributed by atoms with Crippen molar-refractivity contribution in [2.45, 2.75) is 32.6 Å². The van der Waals surface area contributed by atoms with E-state index in [1.165, 1.54) is 16.7 Å². The minimum Gasteiger partial charge on any atom is -0.382 e. The molecule has 1 aliphatic carbocycles. The second-order valence-electron chi connectivity index (χ2n) is 5.54. The highest BCUT2D eigenvalue weighted by molar-refractivity contribution is 5.72. The van der Waals surface area contributed by atoms with Crippen LogP contribution in [0.4, 0.5) is 5.82 Å². The first kappa shape index (κ1) is 15.0. The van der Waals surface area contributed by atoms with Gasteiger partial charge in [0, 0.05) is 30.9 Å². The molecule has 1 N–H and O–H groups in total. The Balaban J connectivity index is 1.81. The third-order valence-corrected chi connectivity index (χ3v) is 4.05. The topological polar surface area (TPSA) is 47.0 Å². The number of nitrogens with zero attached hydrogens (tertiary/aromatic N) is 2. The maximum Gasteiger partial charge on any atom is 0.133 e. The van der Waals surface area contributed by atoms with E-state index in [1.807, 2.05) is 6.92 Å². The molecule has 0 unspecified atom stereocenters. The molecule has 0 saturated heterocycles. The molecule has 1 aliphatic rings. The number of anilines is 1. The van der Waals surface area contributed by atoms with Crippen molar-refractivity contribution in [3.05, 3.63) is 41.7 Å². The van der Waals surface area contributed by atoms with E-state index in [0.717, 1.165) is 57.0 Å². The monoisotopic (exact) mass is 297 g/mol. The molecular weight excluding hydrogens is 274 g/mol. The van der Waals surface area contributed by atoms with E-state index in [9.17, 15) is 0 Å². The highest BCUT2D eigenvalue weighted by Gasteiger charge is 2.18. The van der Waals surface area contributed by atoms with Crippen molar-refractivity contribution in [3.8, 4) is 11.3 Å². The second kappa shape index (κ2) is 7.36. The Morgan fingerprint density at radius 3 is 3.00 bits per heavy atom. The molecule has 116 valence electrons. The smallest absolute Gasteiger partial charge is 0.133 e. The molecule has 0 spiro atoms. The van der Waals surface area contributed by atoms with Crippen LogP contribution < -0.4 is 5.32 Å². The first-order valence-corrected chi connectivity index (χ1v) is 8.14. The molecule has 0 fully saturated rings. The molecule has 1 heterocycles. The number of fused-ring (bicyclic) bond motifs is 3. The van der Waals surface area contributed by atoms with Gasteiger partial charge in [0.2, 0.25) is 0 Å². The van der Waals surface area contributed by atoms with Crippen LogP contribution in [0.25, 0.3) is 11.3 Å². The number of nitrogens with one attached hydrogen (secondary N) is 1. The number of aryl methyl sites for hydroxylation is 1. The van der Waals surface area contributed by atoms with Gasteiger partial charge >= 0.3 is 0 Å². The third-order valence-electron chi connectivity index (χ3n) is 4.05. The van der Waals surface area contributed by atoms with E-state index in [4.69, 9.17) is 4.74 Å². The van der Waals surface area contributed by atoms with Crippen molar-refractivity contribution in [1.29, 1.82) is 0 Å². The lowest BCUT2D eigenvalue weighted by atomic mass is 10.0. The van der Waals surface area contributed by atoms with E-state index < -0.39 is 0 Å². The summed E-state index contributed by atoms with van der Waals surface area (Å²) in [5, 5.41) is 3.46. The van der Waals surface area contributed by atoms with Gasteiger partial charge < -0.3 is 10.1 Å². The SMILES string of the molecule is CCOCCCNc1ncnc2c1CCCc1ccccc1-2. The number of rotatable bonds is 6. The number of aromatic nitrogens is 2. The zero-order valence-corrected chi connectivity index (χ0v) is 13.1. The lowest BCUT2D eigenvalue weighted by Gasteiger charge is -2.13. The molecule has 0 amide bonds. The number of hydrogen-bond acceptors (Lipinski definition) is 4. The maximum atomic E-state index is 5.38. The van der Waals surface area contributed by atoms with Crippen LogP contribution in [-0.4, -0.2) is 29.7 Å². The first-order chi connectivity index (χ1) is 10.9.